The van der Waals surface area contributed by atoms with Crippen molar-refractivity contribution in [1.82, 2.24) is 4.57 Å². The molecular weight excluding hydrogens is 264 g/mol. The highest BCUT2D eigenvalue weighted by atomic mass is 35.5. The maximum atomic E-state index is 11.4. The van der Waals surface area contributed by atoms with E-state index >= 15 is 0 Å². The van der Waals surface area contributed by atoms with E-state index in [2.05, 4.69) is 0 Å². The van der Waals surface area contributed by atoms with Gasteiger partial charge in [-0.25, -0.2) is 0 Å². The number of nitrogens with zero attached hydrogens (tertiary/aromatic N) is 2. The van der Waals surface area contributed by atoms with E-state index in [1.54, 1.807) is 23.7 Å². The average Bonchev–Trinajstić information content (AvgIpc) is 2.67. The molecule has 0 saturated carbocycles. The van der Waals surface area contributed by atoms with Gasteiger partial charge >= 0.3 is 4.87 Å². The molecule has 0 atom stereocenters. The Morgan fingerprint density at radius 1 is 1.47 bits per heavy atom. The molecule has 0 aliphatic rings. The molecule has 0 N–H and O–H groups in total. The molecule has 0 aliphatic carbocycles. The van der Waals surface area contributed by atoms with Crippen LogP contribution in [0, 0.1) is 10.1 Å². The Kier molecular flexibility index (Phi) is 3.26. The number of nitro benzene ring substituents is 1. The van der Waals surface area contributed by atoms with Crippen LogP contribution in [0.5, 0.6) is 0 Å². The third kappa shape index (κ3) is 2.54. The first-order valence-corrected chi connectivity index (χ1v) is 5.90. The molecule has 88 valence electrons. The molecule has 0 fully saturated rings. The minimum Gasteiger partial charge on any atom is -0.301 e. The maximum Gasteiger partial charge on any atom is 0.307 e. The molecule has 0 radical (unpaired) electrons. The zero-order valence-corrected chi connectivity index (χ0v) is 10.1. The Labute approximate surface area is 105 Å². The summed E-state index contributed by atoms with van der Waals surface area (Å²) in [6.45, 7) is 0.176. The van der Waals surface area contributed by atoms with Gasteiger partial charge in [0.15, 0.2) is 0 Å². The predicted octanol–water partition coefficient (Wildman–Crippen LogP) is 2.52. The quantitative estimate of drug-likeness (QED) is 0.636. The van der Waals surface area contributed by atoms with E-state index in [4.69, 9.17) is 11.6 Å². The van der Waals surface area contributed by atoms with Crippen LogP contribution in [-0.2, 0) is 6.54 Å². The van der Waals surface area contributed by atoms with Crippen molar-refractivity contribution in [3.8, 4) is 0 Å². The number of hydrogen-bond donors (Lipinski definition) is 0. The van der Waals surface area contributed by atoms with Crippen LogP contribution in [0.25, 0.3) is 0 Å². The molecule has 1 heterocycles. The van der Waals surface area contributed by atoms with Crippen molar-refractivity contribution in [3.05, 3.63) is 60.1 Å². The van der Waals surface area contributed by atoms with E-state index in [-0.39, 0.29) is 17.1 Å². The maximum absolute atomic E-state index is 11.4. The van der Waals surface area contributed by atoms with Crippen molar-refractivity contribution in [2.75, 3.05) is 0 Å². The average molecular weight is 271 g/mol. The number of thiazole rings is 1. The molecule has 0 spiro atoms. The summed E-state index contributed by atoms with van der Waals surface area (Å²) in [6, 6.07) is 4.42. The summed E-state index contributed by atoms with van der Waals surface area (Å²) >= 11 is 6.76. The monoisotopic (exact) mass is 270 g/mol. The number of benzene rings is 1. The Balaban J connectivity index is 2.42. The van der Waals surface area contributed by atoms with Crippen molar-refractivity contribution < 1.29 is 4.92 Å². The lowest BCUT2D eigenvalue weighted by molar-refractivity contribution is -0.385. The number of aromatic nitrogens is 1. The molecular formula is C10H7ClN2O3S. The van der Waals surface area contributed by atoms with Gasteiger partial charge in [-0.2, -0.15) is 0 Å². The lowest BCUT2D eigenvalue weighted by atomic mass is 10.2. The van der Waals surface area contributed by atoms with E-state index < -0.39 is 4.92 Å². The van der Waals surface area contributed by atoms with Crippen LogP contribution in [0.2, 0.25) is 5.02 Å². The zero-order chi connectivity index (χ0) is 12.4. The van der Waals surface area contributed by atoms with Crippen LogP contribution in [0.15, 0.2) is 34.6 Å². The molecule has 0 amide bonds. The minimum absolute atomic E-state index is 0.0735. The largest absolute Gasteiger partial charge is 0.307 e. The third-order valence-electron chi connectivity index (χ3n) is 2.23. The van der Waals surface area contributed by atoms with E-state index in [9.17, 15) is 14.9 Å². The molecule has 1 aromatic carbocycles. The van der Waals surface area contributed by atoms with Gasteiger partial charge < -0.3 is 4.57 Å². The summed E-state index contributed by atoms with van der Waals surface area (Å²) in [7, 11) is 0. The summed E-state index contributed by atoms with van der Waals surface area (Å²) < 4.78 is 1.42. The second-order valence-electron chi connectivity index (χ2n) is 3.33. The Hall–Kier alpha value is -1.66. The van der Waals surface area contributed by atoms with Gasteiger partial charge in [-0.15, -0.1) is 0 Å². The van der Waals surface area contributed by atoms with Crippen LogP contribution in [0.4, 0.5) is 5.69 Å². The smallest absolute Gasteiger partial charge is 0.301 e. The summed E-state index contributed by atoms with van der Waals surface area (Å²) in [5.41, 5.74) is 0.385. The fraction of sp³-hybridized carbons (Fsp3) is 0.100. The van der Waals surface area contributed by atoms with Gasteiger partial charge in [0.25, 0.3) is 5.69 Å². The lowest BCUT2D eigenvalue weighted by Crippen LogP contribution is -2.13. The molecule has 7 heteroatoms. The molecule has 2 aromatic rings. The van der Waals surface area contributed by atoms with Gasteiger partial charge in [-0.3, -0.25) is 14.9 Å². The normalized spacial score (nSPS) is 10.4. The van der Waals surface area contributed by atoms with Gasteiger partial charge in [0.05, 0.1) is 11.5 Å². The van der Waals surface area contributed by atoms with Gasteiger partial charge in [0, 0.05) is 28.2 Å². The van der Waals surface area contributed by atoms with Crippen LogP contribution in [0.1, 0.15) is 5.56 Å². The van der Waals surface area contributed by atoms with Gasteiger partial charge in [0.1, 0.15) is 0 Å². The van der Waals surface area contributed by atoms with Gasteiger partial charge in [-0.05, 0) is 12.1 Å². The van der Waals surface area contributed by atoms with E-state index in [1.807, 2.05) is 0 Å². The second kappa shape index (κ2) is 4.68. The molecule has 17 heavy (non-hydrogen) atoms. The molecule has 1 aromatic heterocycles. The summed E-state index contributed by atoms with van der Waals surface area (Å²) in [6.07, 6.45) is 1.60. The molecule has 5 nitrogen and oxygen atoms in total. The van der Waals surface area contributed by atoms with Crippen LogP contribution < -0.4 is 4.87 Å². The summed E-state index contributed by atoms with van der Waals surface area (Å²) in [5, 5.41) is 12.8. The van der Waals surface area contributed by atoms with E-state index in [0.717, 1.165) is 11.3 Å². The van der Waals surface area contributed by atoms with Crippen molar-refractivity contribution in [1.29, 1.82) is 0 Å². The second-order valence-corrected chi connectivity index (χ2v) is 4.62. The van der Waals surface area contributed by atoms with E-state index in [0.29, 0.717) is 10.6 Å². The fourth-order valence-corrected chi connectivity index (χ4v) is 2.18. The summed E-state index contributed by atoms with van der Waals surface area (Å²) in [5.74, 6) is 0. The van der Waals surface area contributed by atoms with Crippen LogP contribution in [-0.4, -0.2) is 9.49 Å². The minimum atomic E-state index is -0.501. The van der Waals surface area contributed by atoms with Crippen LogP contribution >= 0.6 is 22.9 Å². The van der Waals surface area contributed by atoms with Crippen molar-refractivity contribution in [3.63, 3.8) is 0 Å². The molecule has 2 rings (SSSR count). The first-order valence-electron chi connectivity index (χ1n) is 4.64. The fourth-order valence-electron chi connectivity index (χ4n) is 1.43. The van der Waals surface area contributed by atoms with E-state index in [1.165, 1.54) is 10.6 Å². The predicted molar refractivity (Wildman–Crippen MR) is 65.8 cm³/mol. The molecule has 0 aliphatic heterocycles. The SMILES string of the molecule is O=c1sccn1Cc1ccc(Cl)cc1[N+](=O)[O-]. The van der Waals surface area contributed by atoms with Crippen LogP contribution in [0.3, 0.4) is 0 Å². The Morgan fingerprint density at radius 2 is 2.24 bits per heavy atom. The van der Waals surface area contributed by atoms with Crippen molar-refractivity contribution in [2.24, 2.45) is 0 Å². The number of halogens is 1. The number of hydrogen-bond acceptors (Lipinski definition) is 4. The first kappa shape index (κ1) is 11.8. The Bertz CT molecular complexity index is 620. The highest BCUT2D eigenvalue weighted by Crippen LogP contribution is 2.23. The van der Waals surface area contributed by atoms with Crippen molar-refractivity contribution in [2.45, 2.75) is 6.54 Å². The van der Waals surface area contributed by atoms with Gasteiger partial charge in [0.2, 0.25) is 0 Å². The van der Waals surface area contributed by atoms with Gasteiger partial charge in [-0.1, -0.05) is 22.9 Å². The molecule has 0 saturated heterocycles. The number of nitro groups is 1. The number of rotatable bonds is 3. The zero-order valence-electron chi connectivity index (χ0n) is 8.50. The third-order valence-corrected chi connectivity index (χ3v) is 3.16. The Morgan fingerprint density at radius 3 is 2.82 bits per heavy atom. The van der Waals surface area contributed by atoms with Crippen molar-refractivity contribution >= 4 is 28.6 Å². The highest BCUT2D eigenvalue weighted by Gasteiger charge is 2.14. The highest BCUT2D eigenvalue weighted by molar-refractivity contribution is 7.07. The topological polar surface area (TPSA) is 65.1 Å². The molecule has 0 bridgehead atoms. The standard InChI is InChI=1S/C10H7ClN2O3S/c11-8-2-1-7(9(5-8)13(15)16)6-12-3-4-17-10(12)14/h1-5H,6H2. The summed E-state index contributed by atoms with van der Waals surface area (Å²) in [4.78, 5) is 21.6. The molecule has 0 unspecified atom stereocenters. The lowest BCUT2D eigenvalue weighted by Gasteiger charge is -2.03. The first-order chi connectivity index (χ1) is 8.08.